The van der Waals surface area contributed by atoms with Gasteiger partial charge >= 0.3 is 0 Å². The molecule has 0 radical (unpaired) electrons. The van der Waals surface area contributed by atoms with E-state index in [1.807, 2.05) is 77.7 Å². The Morgan fingerprint density at radius 2 is 1.50 bits per heavy atom. The number of nitrogens with zero attached hydrogens (tertiary/aromatic N) is 2. The second-order valence-corrected chi connectivity index (χ2v) is 11.3. The normalized spacial score (nSPS) is 21.9. The number of amidine groups is 1. The Labute approximate surface area is 202 Å². The largest absolute Gasteiger partial charge is 0.484 e. The van der Waals surface area contributed by atoms with Crippen LogP contribution >= 0.6 is 11.8 Å². The number of hydrogen-bond acceptors (Lipinski definition) is 6. The number of rotatable bonds is 6. The number of carbonyl (C=O) groups excluding carboxylic acids is 1. The van der Waals surface area contributed by atoms with Gasteiger partial charge in [0.05, 0.1) is 17.5 Å². The third-order valence-corrected chi connectivity index (χ3v) is 8.70. The molecule has 2 aliphatic rings. The molecular formula is C25H22N2O5S2. The van der Waals surface area contributed by atoms with Gasteiger partial charge in [0.1, 0.15) is 17.2 Å². The van der Waals surface area contributed by atoms with Crippen LogP contribution in [-0.4, -0.2) is 48.9 Å². The quantitative estimate of drug-likeness (QED) is 0.509. The van der Waals surface area contributed by atoms with Crippen LogP contribution in [0.5, 0.6) is 17.2 Å². The SMILES string of the molecule is O=C(COc1ccccc1)N=C1S[C@H]2CS(=O)(=O)C[C@H]2N1c1ccc(Oc2ccccc2)cc1. The second kappa shape index (κ2) is 9.52. The molecule has 34 heavy (non-hydrogen) atoms. The van der Waals surface area contributed by atoms with Crippen molar-refractivity contribution in [1.82, 2.24) is 0 Å². The van der Waals surface area contributed by atoms with E-state index in [1.165, 1.54) is 11.8 Å². The maximum absolute atomic E-state index is 12.6. The molecular weight excluding hydrogens is 472 g/mol. The van der Waals surface area contributed by atoms with Gasteiger partial charge in [0.15, 0.2) is 21.6 Å². The van der Waals surface area contributed by atoms with E-state index in [-0.39, 0.29) is 29.4 Å². The van der Waals surface area contributed by atoms with Crippen LogP contribution < -0.4 is 14.4 Å². The summed E-state index contributed by atoms with van der Waals surface area (Å²) in [7, 11) is -3.15. The fourth-order valence-corrected chi connectivity index (χ4v) is 7.90. The van der Waals surface area contributed by atoms with Crippen molar-refractivity contribution in [3.05, 3.63) is 84.9 Å². The summed E-state index contributed by atoms with van der Waals surface area (Å²) in [5.41, 5.74) is 0.757. The van der Waals surface area contributed by atoms with Gasteiger partial charge in [0, 0.05) is 10.9 Å². The Kier molecular flexibility index (Phi) is 6.30. The number of amides is 1. The number of ether oxygens (including phenoxy) is 2. The number of benzene rings is 3. The summed E-state index contributed by atoms with van der Waals surface area (Å²) in [6.07, 6.45) is 0. The van der Waals surface area contributed by atoms with Gasteiger partial charge in [-0.3, -0.25) is 4.79 Å². The van der Waals surface area contributed by atoms with Gasteiger partial charge in [-0.2, -0.15) is 4.99 Å². The fraction of sp³-hybridized carbons (Fsp3) is 0.200. The van der Waals surface area contributed by atoms with Gasteiger partial charge in [0.25, 0.3) is 5.91 Å². The minimum atomic E-state index is -3.15. The van der Waals surface area contributed by atoms with Crippen molar-refractivity contribution in [1.29, 1.82) is 0 Å². The molecule has 2 atom stereocenters. The highest BCUT2D eigenvalue weighted by Crippen LogP contribution is 2.41. The summed E-state index contributed by atoms with van der Waals surface area (Å²) >= 11 is 1.33. The van der Waals surface area contributed by atoms with E-state index in [9.17, 15) is 13.2 Å². The Morgan fingerprint density at radius 3 is 2.18 bits per heavy atom. The van der Waals surface area contributed by atoms with Crippen molar-refractivity contribution < 1.29 is 22.7 Å². The summed E-state index contributed by atoms with van der Waals surface area (Å²) < 4.78 is 35.9. The molecule has 0 N–H and O–H groups in total. The lowest BCUT2D eigenvalue weighted by molar-refractivity contribution is -0.119. The van der Waals surface area contributed by atoms with Gasteiger partial charge in [-0.25, -0.2) is 8.42 Å². The topological polar surface area (TPSA) is 85.3 Å². The van der Waals surface area contributed by atoms with Crippen molar-refractivity contribution in [3.8, 4) is 17.2 Å². The molecule has 7 nitrogen and oxygen atoms in total. The van der Waals surface area contributed by atoms with E-state index in [2.05, 4.69) is 4.99 Å². The lowest BCUT2D eigenvalue weighted by Gasteiger charge is -2.24. The van der Waals surface area contributed by atoms with Crippen LogP contribution in [-0.2, 0) is 14.6 Å². The molecule has 0 aromatic heterocycles. The Bertz CT molecular complexity index is 1300. The molecule has 2 heterocycles. The average Bonchev–Trinajstić information content (AvgIpc) is 3.30. The predicted molar refractivity (Wildman–Crippen MR) is 134 cm³/mol. The van der Waals surface area contributed by atoms with Gasteiger partial charge in [0.2, 0.25) is 0 Å². The lowest BCUT2D eigenvalue weighted by Crippen LogP contribution is -2.37. The molecule has 5 rings (SSSR count). The molecule has 0 bridgehead atoms. The minimum Gasteiger partial charge on any atom is -0.484 e. The van der Waals surface area contributed by atoms with Crippen molar-refractivity contribution in [2.24, 2.45) is 4.99 Å². The van der Waals surface area contributed by atoms with E-state index in [0.29, 0.717) is 16.7 Å². The zero-order valence-corrected chi connectivity index (χ0v) is 19.7. The Morgan fingerprint density at radius 1 is 0.882 bits per heavy atom. The number of carbonyl (C=O) groups is 1. The van der Waals surface area contributed by atoms with Crippen molar-refractivity contribution in [2.45, 2.75) is 11.3 Å². The zero-order valence-electron chi connectivity index (χ0n) is 18.1. The van der Waals surface area contributed by atoms with Gasteiger partial charge in [-0.1, -0.05) is 48.2 Å². The van der Waals surface area contributed by atoms with Crippen LogP contribution in [0, 0.1) is 0 Å². The number of fused-ring (bicyclic) bond motifs is 1. The molecule has 2 aliphatic heterocycles. The Hall–Kier alpha value is -3.30. The smallest absolute Gasteiger partial charge is 0.285 e. The van der Waals surface area contributed by atoms with Crippen LogP contribution in [0.15, 0.2) is 89.9 Å². The highest BCUT2D eigenvalue weighted by Gasteiger charge is 2.49. The average molecular weight is 495 g/mol. The third-order valence-electron chi connectivity index (χ3n) is 5.49. The molecule has 1 amide bonds. The van der Waals surface area contributed by atoms with Gasteiger partial charge < -0.3 is 14.4 Å². The third kappa shape index (κ3) is 5.10. The summed E-state index contributed by atoms with van der Waals surface area (Å²) in [5, 5.41) is 0.315. The minimum absolute atomic E-state index is 0.0284. The lowest BCUT2D eigenvalue weighted by atomic mass is 10.2. The summed E-state index contributed by atoms with van der Waals surface area (Å²) in [4.78, 5) is 18.7. The first-order valence-electron chi connectivity index (χ1n) is 10.8. The van der Waals surface area contributed by atoms with Crippen LogP contribution in [0.1, 0.15) is 0 Å². The van der Waals surface area contributed by atoms with Crippen molar-refractivity contribution in [2.75, 3.05) is 23.0 Å². The number of para-hydroxylation sites is 2. The number of anilines is 1. The molecule has 0 unspecified atom stereocenters. The van der Waals surface area contributed by atoms with Gasteiger partial charge in [-0.05, 0) is 48.5 Å². The molecule has 0 saturated carbocycles. The van der Waals surface area contributed by atoms with E-state index >= 15 is 0 Å². The molecule has 0 spiro atoms. The van der Waals surface area contributed by atoms with Gasteiger partial charge in [-0.15, -0.1) is 0 Å². The first-order chi connectivity index (χ1) is 16.5. The molecule has 3 aromatic carbocycles. The fourth-order valence-electron chi connectivity index (χ4n) is 3.97. The molecule has 174 valence electrons. The van der Waals surface area contributed by atoms with Crippen molar-refractivity contribution in [3.63, 3.8) is 0 Å². The molecule has 3 aromatic rings. The highest BCUT2D eigenvalue weighted by molar-refractivity contribution is 8.16. The molecule has 0 aliphatic carbocycles. The second-order valence-electron chi connectivity index (χ2n) is 7.97. The summed E-state index contributed by atoms with van der Waals surface area (Å²) in [6.45, 7) is -0.195. The number of thioether (sulfide) groups is 1. The summed E-state index contributed by atoms with van der Waals surface area (Å²) in [5.74, 6) is 1.64. The first-order valence-corrected chi connectivity index (χ1v) is 13.5. The van der Waals surface area contributed by atoms with E-state index in [4.69, 9.17) is 9.47 Å². The van der Waals surface area contributed by atoms with Crippen LogP contribution in [0.2, 0.25) is 0 Å². The maximum Gasteiger partial charge on any atom is 0.285 e. The monoisotopic (exact) mass is 494 g/mol. The molecule has 9 heteroatoms. The van der Waals surface area contributed by atoms with Crippen molar-refractivity contribution >= 4 is 38.4 Å². The van der Waals surface area contributed by atoms with Crippen LogP contribution in [0.3, 0.4) is 0 Å². The molecule has 2 fully saturated rings. The standard InChI is InChI=1S/C25H22N2O5S2/c28-24(15-31-19-7-3-1-4-8-19)26-25-27(22-16-34(29,30)17-23(22)33-25)18-11-13-21(14-12-18)32-20-9-5-2-6-10-20/h1-14,22-23H,15-17H2/t22-,23+/m1/s1. The summed E-state index contributed by atoms with van der Waals surface area (Å²) in [6, 6.07) is 25.6. The molecule has 2 saturated heterocycles. The van der Waals surface area contributed by atoms with E-state index in [1.54, 1.807) is 12.1 Å². The number of hydrogen-bond donors (Lipinski definition) is 0. The number of sulfone groups is 1. The van der Waals surface area contributed by atoms with Crippen LogP contribution in [0.4, 0.5) is 5.69 Å². The van der Waals surface area contributed by atoms with E-state index < -0.39 is 15.7 Å². The predicted octanol–water partition coefficient (Wildman–Crippen LogP) is 4.16. The Balaban J connectivity index is 1.36. The number of aliphatic imine (C=N–C) groups is 1. The van der Waals surface area contributed by atoms with Crippen LogP contribution in [0.25, 0.3) is 0 Å². The highest BCUT2D eigenvalue weighted by atomic mass is 32.2. The maximum atomic E-state index is 12.6. The zero-order chi connectivity index (χ0) is 23.5. The first kappa shape index (κ1) is 22.5. The van der Waals surface area contributed by atoms with E-state index in [0.717, 1.165) is 11.4 Å².